The third kappa shape index (κ3) is 6.78. The molecule has 5 heteroatoms. The molecule has 0 aliphatic heterocycles. The Morgan fingerprint density at radius 3 is 2.13 bits per heavy atom. The van der Waals surface area contributed by atoms with Crippen molar-refractivity contribution >= 4 is 23.1 Å². The number of hydrogen-bond acceptors (Lipinski definition) is 3. The van der Waals surface area contributed by atoms with Crippen LogP contribution in [0.5, 0.6) is 0 Å². The first kappa shape index (κ1) is 22.2. The fourth-order valence-corrected chi connectivity index (χ4v) is 3.40. The zero-order valence-electron chi connectivity index (χ0n) is 17.4. The molecule has 0 aliphatic carbocycles. The van der Waals surface area contributed by atoms with Gasteiger partial charge in [-0.15, -0.1) is 0 Å². The Morgan fingerprint density at radius 1 is 0.774 bits per heavy atom. The molecular formula is C26H27FN2O2. The van der Waals surface area contributed by atoms with Gasteiger partial charge in [0.15, 0.2) is 5.78 Å². The average molecular weight is 419 g/mol. The van der Waals surface area contributed by atoms with E-state index in [1.807, 2.05) is 54.6 Å². The van der Waals surface area contributed by atoms with Crippen molar-refractivity contribution in [1.29, 1.82) is 0 Å². The van der Waals surface area contributed by atoms with Crippen LogP contribution in [0.4, 0.5) is 15.8 Å². The highest BCUT2D eigenvalue weighted by Crippen LogP contribution is 2.21. The molecule has 0 heterocycles. The van der Waals surface area contributed by atoms with Crippen molar-refractivity contribution < 1.29 is 14.0 Å². The van der Waals surface area contributed by atoms with Crippen molar-refractivity contribution in [1.82, 2.24) is 0 Å². The number of halogens is 1. The van der Waals surface area contributed by atoms with Gasteiger partial charge < -0.3 is 11.1 Å². The van der Waals surface area contributed by atoms with Crippen molar-refractivity contribution in [2.75, 3.05) is 11.1 Å². The summed E-state index contributed by atoms with van der Waals surface area (Å²) in [5, 5.41) is 2.64. The summed E-state index contributed by atoms with van der Waals surface area (Å²) in [6.45, 7) is 0. The summed E-state index contributed by atoms with van der Waals surface area (Å²) >= 11 is 0. The number of unbranched alkanes of at least 4 members (excludes halogenated alkanes) is 3. The number of amides is 1. The molecule has 3 aromatic rings. The number of hydrogen-bond donors (Lipinski definition) is 2. The average Bonchev–Trinajstić information content (AvgIpc) is 2.79. The quantitative estimate of drug-likeness (QED) is 0.233. The van der Waals surface area contributed by atoms with Gasteiger partial charge in [0.1, 0.15) is 5.82 Å². The van der Waals surface area contributed by atoms with Gasteiger partial charge in [-0.25, -0.2) is 4.39 Å². The summed E-state index contributed by atoms with van der Waals surface area (Å²) in [5.74, 6) is -0.491. The number of carbonyl (C=O) groups excluding carboxylic acids is 2. The zero-order chi connectivity index (χ0) is 22.1. The first-order chi connectivity index (χ1) is 15.0. The Balaban J connectivity index is 1.34. The predicted molar refractivity (Wildman–Crippen MR) is 123 cm³/mol. The van der Waals surface area contributed by atoms with E-state index >= 15 is 0 Å². The lowest BCUT2D eigenvalue weighted by Crippen LogP contribution is -2.12. The summed E-state index contributed by atoms with van der Waals surface area (Å²) in [6.07, 6.45) is 4.07. The number of nitrogens with one attached hydrogen (secondary N) is 1. The zero-order valence-corrected chi connectivity index (χ0v) is 17.4. The molecule has 0 saturated heterocycles. The van der Waals surface area contributed by atoms with E-state index in [0.29, 0.717) is 30.6 Å². The molecule has 0 radical (unpaired) electrons. The third-order valence-corrected chi connectivity index (χ3v) is 5.16. The van der Waals surface area contributed by atoms with Gasteiger partial charge in [-0.1, -0.05) is 67.4 Å². The van der Waals surface area contributed by atoms with E-state index in [4.69, 9.17) is 5.73 Å². The SMILES string of the molecule is Nc1ccc(F)cc1NC(=O)CCCCCCC(=O)c1ccc(-c2ccccc2)cc1. The minimum Gasteiger partial charge on any atom is -0.397 e. The largest absolute Gasteiger partial charge is 0.397 e. The van der Waals surface area contributed by atoms with Gasteiger partial charge in [0, 0.05) is 18.4 Å². The molecule has 0 aliphatic rings. The maximum atomic E-state index is 13.2. The van der Waals surface area contributed by atoms with Gasteiger partial charge in [-0.05, 0) is 42.2 Å². The second-order valence-electron chi connectivity index (χ2n) is 7.56. The van der Waals surface area contributed by atoms with Crippen molar-refractivity contribution in [3.05, 3.63) is 84.2 Å². The Morgan fingerprint density at radius 2 is 1.42 bits per heavy atom. The molecule has 0 spiro atoms. The Labute approximate surface area is 182 Å². The number of rotatable bonds is 10. The summed E-state index contributed by atoms with van der Waals surface area (Å²) < 4.78 is 13.2. The number of benzene rings is 3. The smallest absolute Gasteiger partial charge is 0.224 e. The predicted octanol–water partition coefficient (Wildman–Crippen LogP) is 6.24. The summed E-state index contributed by atoms with van der Waals surface area (Å²) in [6, 6.07) is 21.7. The van der Waals surface area contributed by atoms with Gasteiger partial charge in [0.2, 0.25) is 5.91 Å². The van der Waals surface area contributed by atoms with Crippen LogP contribution in [0.15, 0.2) is 72.8 Å². The fraction of sp³-hybridized carbons (Fsp3) is 0.231. The highest BCUT2D eigenvalue weighted by atomic mass is 19.1. The molecule has 160 valence electrons. The Kier molecular flexibility index (Phi) is 7.93. The van der Waals surface area contributed by atoms with Crippen LogP contribution in [0.3, 0.4) is 0 Å². The Bertz CT molecular complexity index is 1020. The van der Waals surface area contributed by atoms with E-state index in [1.165, 1.54) is 18.2 Å². The Hall–Kier alpha value is -3.47. The highest BCUT2D eigenvalue weighted by Gasteiger charge is 2.08. The van der Waals surface area contributed by atoms with E-state index in [1.54, 1.807) is 0 Å². The van der Waals surface area contributed by atoms with Crippen LogP contribution in [0.1, 0.15) is 48.9 Å². The minimum atomic E-state index is -0.441. The van der Waals surface area contributed by atoms with E-state index in [-0.39, 0.29) is 11.7 Å². The third-order valence-electron chi connectivity index (χ3n) is 5.16. The van der Waals surface area contributed by atoms with Crippen LogP contribution in [0.2, 0.25) is 0 Å². The van der Waals surface area contributed by atoms with Crippen molar-refractivity contribution in [2.45, 2.75) is 38.5 Å². The molecule has 0 fully saturated rings. The number of carbonyl (C=O) groups is 2. The fourth-order valence-electron chi connectivity index (χ4n) is 3.40. The number of anilines is 2. The van der Waals surface area contributed by atoms with Gasteiger partial charge in [-0.3, -0.25) is 9.59 Å². The normalized spacial score (nSPS) is 10.6. The number of nitrogen functional groups attached to an aromatic ring is 1. The molecule has 0 bridgehead atoms. The summed E-state index contributed by atoms with van der Waals surface area (Å²) in [7, 11) is 0. The highest BCUT2D eigenvalue weighted by molar-refractivity contribution is 5.96. The lowest BCUT2D eigenvalue weighted by Gasteiger charge is -2.08. The number of ketones is 1. The molecule has 0 saturated carbocycles. The lowest BCUT2D eigenvalue weighted by atomic mass is 10.00. The molecular weight excluding hydrogens is 391 g/mol. The van der Waals surface area contributed by atoms with E-state index in [9.17, 15) is 14.0 Å². The molecule has 0 aromatic heterocycles. The maximum Gasteiger partial charge on any atom is 0.224 e. The molecule has 4 nitrogen and oxygen atoms in total. The molecule has 31 heavy (non-hydrogen) atoms. The van der Waals surface area contributed by atoms with Crippen LogP contribution in [-0.4, -0.2) is 11.7 Å². The second-order valence-corrected chi connectivity index (χ2v) is 7.56. The van der Waals surface area contributed by atoms with Crippen LogP contribution >= 0.6 is 0 Å². The molecule has 3 N–H and O–H groups in total. The van der Waals surface area contributed by atoms with Crippen LogP contribution < -0.4 is 11.1 Å². The first-order valence-electron chi connectivity index (χ1n) is 10.6. The summed E-state index contributed by atoms with van der Waals surface area (Å²) in [5.41, 5.74) is 9.32. The van der Waals surface area contributed by atoms with Gasteiger partial charge in [-0.2, -0.15) is 0 Å². The minimum absolute atomic E-state index is 0.138. The molecule has 0 unspecified atom stereocenters. The monoisotopic (exact) mass is 418 g/mol. The number of Topliss-reactive ketones (excluding diaryl/α,β-unsaturated/α-hetero) is 1. The standard InChI is InChI=1S/C26H27FN2O2/c27-22-16-17-23(28)24(18-22)29-26(31)11-7-2-1-6-10-25(30)21-14-12-20(13-15-21)19-8-4-3-5-9-19/h3-5,8-9,12-18H,1-2,6-7,10-11,28H2,(H,29,31). The van der Waals surface area contributed by atoms with E-state index in [2.05, 4.69) is 5.32 Å². The molecule has 3 rings (SSSR count). The van der Waals surface area contributed by atoms with Gasteiger partial charge >= 0.3 is 0 Å². The van der Waals surface area contributed by atoms with Crippen LogP contribution in [0, 0.1) is 5.82 Å². The topological polar surface area (TPSA) is 72.2 Å². The summed E-state index contributed by atoms with van der Waals surface area (Å²) in [4.78, 5) is 24.4. The maximum absolute atomic E-state index is 13.2. The molecule has 1 amide bonds. The first-order valence-corrected chi connectivity index (χ1v) is 10.6. The van der Waals surface area contributed by atoms with Gasteiger partial charge in [0.25, 0.3) is 0 Å². The van der Waals surface area contributed by atoms with E-state index < -0.39 is 5.82 Å². The molecule has 3 aromatic carbocycles. The number of nitrogens with two attached hydrogens (primary N) is 1. The van der Waals surface area contributed by atoms with Crippen molar-refractivity contribution in [2.24, 2.45) is 0 Å². The van der Waals surface area contributed by atoms with Crippen molar-refractivity contribution in [3.8, 4) is 11.1 Å². The van der Waals surface area contributed by atoms with Crippen LogP contribution in [0.25, 0.3) is 11.1 Å². The lowest BCUT2D eigenvalue weighted by molar-refractivity contribution is -0.116. The van der Waals surface area contributed by atoms with Crippen molar-refractivity contribution in [3.63, 3.8) is 0 Å². The molecule has 0 atom stereocenters. The van der Waals surface area contributed by atoms with E-state index in [0.717, 1.165) is 36.0 Å². The van der Waals surface area contributed by atoms with Crippen LogP contribution in [-0.2, 0) is 4.79 Å². The second kappa shape index (κ2) is 11.1. The van der Waals surface area contributed by atoms with Gasteiger partial charge in [0.05, 0.1) is 11.4 Å².